The molecular formula is C14H19N3O2. The summed E-state index contributed by atoms with van der Waals surface area (Å²) < 4.78 is 0. The zero-order chi connectivity index (χ0) is 13.8. The second kappa shape index (κ2) is 5.75. The molecule has 1 aromatic carbocycles. The Morgan fingerprint density at radius 3 is 3.05 bits per heavy atom. The third-order valence-electron chi connectivity index (χ3n) is 3.12. The van der Waals surface area contributed by atoms with Crippen LogP contribution in [0.3, 0.4) is 0 Å². The van der Waals surface area contributed by atoms with Gasteiger partial charge in [-0.25, -0.2) is 0 Å². The summed E-state index contributed by atoms with van der Waals surface area (Å²) >= 11 is 0. The minimum absolute atomic E-state index is 0.0402. The maximum absolute atomic E-state index is 12.2. The van der Waals surface area contributed by atoms with Crippen LogP contribution >= 0.6 is 0 Å². The summed E-state index contributed by atoms with van der Waals surface area (Å²) in [4.78, 5) is 15.2. The van der Waals surface area contributed by atoms with E-state index in [2.05, 4.69) is 10.3 Å². The van der Waals surface area contributed by atoms with Gasteiger partial charge >= 0.3 is 0 Å². The van der Waals surface area contributed by atoms with Gasteiger partial charge in [-0.05, 0) is 38.0 Å². The molecule has 5 N–H and O–H groups in total. The van der Waals surface area contributed by atoms with Gasteiger partial charge in [-0.3, -0.25) is 4.79 Å². The molecule has 0 fully saturated rings. The van der Waals surface area contributed by atoms with Crippen LogP contribution < -0.4 is 11.1 Å². The molecule has 5 heteroatoms. The number of H-pyrrole nitrogens is 1. The molecule has 2 aromatic rings. The first-order valence-electron chi connectivity index (χ1n) is 6.40. The zero-order valence-corrected chi connectivity index (χ0v) is 10.9. The van der Waals surface area contributed by atoms with E-state index in [9.17, 15) is 4.79 Å². The molecule has 2 rings (SSSR count). The second-order valence-corrected chi connectivity index (χ2v) is 4.75. The van der Waals surface area contributed by atoms with E-state index in [4.69, 9.17) is 10.8 Å². The number of hydrogen-bond donors (Lipinski definition) is 4. The first-order chi connectivity index (χ1) is 9.11. The van der Waals surface area contributed by atoms with Gasteiger partial charge < -0.3 is 21.1 Å². The van der Waals surface area contributed by atoms with Gasteiger partial charge in [-0.2, -0.15) is 0 Å². The van der Waals surface area contributed by atoms with Crippen molar-refractivity contribution in [3.8, 4) is 0 Å². The zero-order valence-electron chi connectivity index (χ0n) is 10.9. The number of rotatable bonds is 5. The van der Waals surface area contributed by atoms with Crippen molar-refractivity contribution < 1.29 is 9.90 Å². The van der Waals surface area contributed by atoms with Crippen LogP contribution in [0.25, 0.3) is 10.9 Å². The molecule has 0 saturated heterocycles. The molecule has 1 aromatic heterocycles. The van der Waals surface area contributed by atoms with Crippen LogP contribution in [-0.4, -0.2) is 28.6 Å². The number of nitrogens with one attached hydrogen (secondary N) is 2. The summed E-state index contributed by atoms with van der Waals surface area (Å²) in [5.74, 6) is -0.110. The number of aromatic amines is 1. The number of aromatic nitrogens is 1. The van der Waals surface area contributed by atoms with Gasteiger partial charge in [0.25, 0.3) is 5.91 Å². The van der Waals surface area contributed by atoms with Crippen molar-refractivity contribution in [1.82, 2.24) is 10.3 Å². The van der Waals surface area contributed by atoms with E-state index >= 15 is 0 Å². The molecule has 19 heavy (non-hydrogen) atoms. The van der Waals surface area contributed by atoms with Crippen LogP contribution in [0.2, 0.25) is 0 Å². The van der Waals surface area contributed by atoms with Gasteiger partial charge in [0, 0.05) is 35.4 Å². The van der Waals surface area contributed by atoms with Crippen LogP contribution in [0.5, 0.6) is 0 Å². The third-order valence-corrected chi connectivity index (χ3v) is 3.12. The number of carbonyl (C=O) groups excluding carboxylic acids is 1. The number of amides is 1. The van der Waals surface area contributed by atoms with Crippen molar-refractivity contribution in [3.05, 3.63) is 30.0 Å². The molecule has 0 spiro atoms. The van der Waals surface area contributed by atoms with E-state index < -0.39 is 0 Å². The number of aliphatic hydroxyl groups is 1. The first kappa shape index (κ1) is 13.4. The summed E-state index contributed by atoms with van der Waals surface area (Å²) in [6.45, 7) is 2.08. The molecular weight excluding hydrogens is 242 g/mol. The van der Waals surface area contributed by atoms with Crippen LogP contribution in [0.4, 0.5) is 5.69 Å². The quantitative estimate of drug-likeness (QED) is 0.617. The van der Waals surface area contributed by atoms with Crippen LogP contribution in [-0.2, 0) is 0 Å². The lowest BCUT2D eigenvalue weighted by atomic mass is 10.1. The molecule has 0 radical (unpaired) electrons. The normalized spacial score (nSPS) is 12.5. The van der Waals surface area contributed by atoms with Crippen LogP contribution in [0, 0.1) is 0 Å². The number of carbonyl (C=O) groups is 1. The number of hydrogen-bond acceptors (Lipinski definition) is 3. The smallest absolute Gasteiger partial charge is 0.253 e. The van der Waals surface area contributed by atoms with E-state index in [1.165, 1.54) is 0 Å². The number of benzene rings is 1. The lowest BCUT2D eigenvalue weighted by molar-refractivity contribution is 0.0938. The monoisotopic (exact) mass is 261 g/mol. The van der Waals surface area contributed by atoms with E-state index in [0.717, 1.165) is 17.3 Å². The Morgan fingerprint density at radius 2 is 2.32 bits per heavy atom. The third kappa shape index (κ3) is 3.06. The number of anilines is 1. The maximum atomic E-state index is 12.2. The van der Waals surface area contributed by atoms with Crippen molar-refractivity contribution in [2.75, 3.05) is 12.3 Å². The molecule has 0 aliphatic rings. The standard InChI is InChI=1S/C14H19N3O2/c1-9(3-2-6-18)17-14(19)12-8-16-13-7-10(15)4-5-11(12)13/h4-5,7-9,16,18H,2-3,6,15H2,1H3,(H,17,19). The van der Waals surface area contributed by atoms with E-state index in [1.54, 1.807) is 18.3 Å². The van der Waals surface area contributed by atoms with Gasteiger partial charge in [0.05, 0.1) is 5.56 Å². The number of nitrogens with two attached hydrogens (primary N) is 1. The summed E-state index contributed by atoms with van der Waals surface area (Å²) in [5, 5.41) is 12.6. The molecule has 0 bridgehead atoms. The second-order valence-electron chi connectivity index (χ2n) is 4.75. The molecule has 102 valence electrons. The van der Waals surface area contributed by atoms with Crippen molar-refractivity contribution in [1.29, 1.82) is 0 Å². The average Bonchev–Trinajstić information content (AvgIpc) is 2.79. The predicted octanol–water partition coefficient (Wildman–Crippen LogP) is 1.64. The lowest BCUT2D eigenvalue weighted by Crippen LogP contribution is -2.32. The van der Waals surface area contributed by atoms with Gasteiger partial charge in [-0.1, -0.05) is 0 Å². The topological polar surface area (TPSA) is 91.1 Å². The number of aliphatic hydroxyl groups excluding tert-OH is 1. The van der Waals surface area contributed by atoms with Crippen LogP contribution in [0.15, 0.2) is 24.4 Å². The fourth-order valence-corrected chi connectivity index (χ4v) is 2.10. The Morgan fingerprint density at radius 1 is 1.53 bits per heavy atom. The molecule has 1 atom stereocenters. The Labute approximate surface area is 111 Å². The van der Waals surface area contributed by atoms with E-state index in [1.807, 2.05) is 13.0 Å². The maximum Gasteiger partial charge on any atom is 0.253 e. The fourth-order valence-electron chi connectivity index (χ4n) is 2.10. The first-order valence-corrected chi connectivity index (χ1v) is 6.40. The van der Waals surface area contributed by atoms with Crippen molar-refractivity contribution in [2.24, 2.45) is 0 Å². The van der Waals surface area contributed by atoms with E-state index in [0.29, 0.717) is 17.7 Å². The SMILES string of the molecule is CC(CCCO)NC(=O)c1c[nH]c2cc(N)ccc12. The Hall–Kier alpha value is -2.01. The molecule has 0 saturated carbocycles. The molecule has 1 unspecified atom stereocenters. The lowest BCUT2D eigenvalue weighted by Gasteiger charge is -2.12. The summed E-state index contributed by atoms with van der Waals surface area (Å²) in [7, 11) is 0. The Bertz CT molecular complexity index is 577. The summed E-state index contributed by atoms with van der Waals surface area (Å²) in [6.07, 6.45) is 3.14. The molecule has 5 nitrogen and oxygen atoms in total. The Balaban J connectivity index is 2.13. The molecule has 0 aliphatic carbocycles. The van der Waals surface area contributed by atoms with Gasteiger partial charge in [-0.15, -0.1) is 0 Å². The molecule has 1 amide bonds. The number of nitrogen functional groups attached to an aromatic ring is 1. The highest BCUT2D eigenvalue weighted by Crippen LogP contribution is 2.20. The van der Waals surface area contributed by atoms with Gasteiger partial charge in [0.15, 0.2) is 0 Å². The van der Waals surface area contributed by atoms with Gasteiger partial charge in [0.1, 0.15) is 0 Å². The van der Waals surface area contributed by atoms with Crippen molar-refractivity contribution in [3.63, 3.8) is 0 Å². The highest BCUT2D eigenvalue weighted by atomic mass is 16.3. The van der Waals surface area contributed by atoms with Gasteiger partial charge in [0.2, 0.25) is 0 Å². The minimum Gasteiger partial charge on any atom is -0.399 e. The largest absolute Gasteiger partial charge is 0.399 e. The number of fused-ring (bicyclic) bond motifs is 1. The highest BCUT2D eigenvalue weighted by molar-refractivity contribution is 6.07. The molecule has 0 aliphatic heterocycles. The van der Waals surface area contributed by atoms with Crippen LogP contribution in [0.1, 0.15) is 30.1 Å². The fraction of sp³-hybridized carbons (Fsp3) is 0.357. The Kier molecular flexibility index (Phi) is 4.06. The predicted molar refractivity (Wildman–Crippen MR) is 76.0 cm³/mol. The van der Waals surface area contributed by atoms with E-state index in [-0.39, 0.29) is 18.6 Å². The van der Waals surface area contributed by atoms with Crippen molar-refractivity contribution >= 4 is 22.5 Å². The minimum atomic E-state index is -0.110. The summed E-state index contributed by atoms with van der Waals surface area (Å²) in [5.41, 5.74) is 7.84. The average molecular weight is 261 g/mol. The molecule has 1 heterocycles. The summed E-state index contributed by atoms with van der Waals surface area (Å²) in [6, 6.07) is 5.47. The van der Waals surface area contributed by atoms with Crippen molar-refractivity contribution in [2.45, 2.75) is 25.8 Å². The highest BCUT2D eigenvalue weighted by Gasteiger charge is 2.14.